The molecule has 2 aromatic rings. The number of nitrogens with zero attached hydrogens (tertiary/aromatic N) is 3. The van der Waals surface area contributed by atoms with E-state index in [0.29, 0.717) is 18.7 Å². The monoisotopic (exact) mass is 312 g/mol. The van der Waals surface area contributed by atoms with Crippen molar-refractivity contribution in [3.8, 4) is 5.69 Å². The Labute approximate surface area is 135 Å². The first-order valence-corrected chi connectivity index (χ1v) is 7.80. The lowest BCUT2D eigenvalue weighted by Gasteiger charge is -2.31. The standard InChI is InChI=1S/C17H20N4O2/c1-13(22)20-11-7-15(8-12-20)19-17(23)14-3-5-16(6-4-14)21-10-2-9-18-21/h2-6,9-10,15H,7-8,11-12H2,1H3,(H,19,23). The molecule has 1 fully saturated rings. The lowest BCUT2D eigenvalue weighted by atomic mass is 10.0. The van der Waals surface area contributed by atoms with E-state index < -0.39 is 0 Å². The van der Waals surface area contributed by atoms with Crippen LogP contribution in [0, 0.1) is 0 Å². The molecular weight excluding hydrogens is 292 g/mol. The minimum absolute atomic E-state index is 0.0710. The Morgan fingerprint density at radius 1 is 1.17 bits per heavy atom. The Kier molecular flexibility index (Phi) is 4.41. The van der Waals surface area contributed by atoms with E-state index in [4.69, 9.17) is 0 Å². The van der Waals surface area contributed by atoms with E-state index in [1.165, 1.54) is 0 Å². The third kappa shape index (κ3) is 3.59. The molecule has 0 aliphatic carbocycles. The molecule has 0 spiro atoms. The molecule has 3 rings (SSSR count). The minimum atomic E-state index is -0.0710. The third-order valence-electron chi connectivity index (χ3n) is 4.17. The Morgan fingerprint density at radius 2 is 1.87 bits per heavy atom. The van der Waals surface area contributed by atoms with Crippen molar-refractivity contribution < 1.29 is 9.59 Å². The van der Waals surface area contributed by atoms with Crippen molar-refractivity contribution in [2.75, 3.05) is 13.1 Å². The number of rotatable bonds is 3. The first-order chi connectivity index (χ1) is 11.1. The fourth-order valence-corrected chi connectivity index (χ4v) is 2.79. The van der Waals surface area contributed by atoms with Gasteiger partial charge in [-0.3, -0.25) is 9.59 Å². The van der Waals surface area contributed by atoms with Gasteiger partial charge >= 0.3 is 0 Å². The summed E-state index contributed by atoms with van der Waals surface area (Å²) >= 11 is 0. The second kappa shape index (κ2) is 6.64. The summed E-state index contributed by atoms with van der Waals surface area (Å²) in [5.41, 5.74) is 1.55. The highest BCUT2D eigenvalue weighted by molar-refractivity contribution is 5.94. The molecular formula is C17H20N4O2. The van der Waals surface area contributed by atoms with Crippen LogP contribution in [0.15, 0.2) is 42.7 Å². The molecule has 1 aliphatic rings. The smallest absolute Gasteiger partial charge is 0.251 e. The van der Waals surface area contributed by atoms with Crippen molar-refractivity contribution in [1.29, 1.82) is 0 Å². The molecule has 0 radical (unpaired) electrons. The lowest BCUT2D eigenvalue weighted by molar-refractivity contribution is -0.129. The molecule has 2 heterocycles. The maximum Gasteiger partial charge on any atom is 0.251 e. The summed E-state index contributed by atoms with van der Waals surface area (Å²) in [6.45, 7) is 3.00. The van der Waals surface area contributed by atoms with E-state index in [-0.39, 0.29) is 17.9 Å². The van der Waals surface area contributed by atoms with Crippen molar-refractivity contribution in [1.82, 2.24) is 20.0 Å². The summed E-state index contributed by atoms with van der Waals surface area (Å²) < 4.78 is 1.75. The SMILES string of the molecule is CC(=O)N1CCC(NC(=O)c2ccc(-n3cccn3)cc2)CC1. The predicted octanol–water partition coefficient (Wildman–Crippen LogP) is 1.61. The van der Waals surface area contributed by atoms with Crippen LogP contribution in [0.5, 0.6) is 0 Å². The van der Waals surface area contributed by atoms with Crippen LogP contribution in [0.2, 0.25) is 0 Å². The van der Waals surface area contributed by atoms with Crippen LogP contribution in [0.1, 0.15) is 30.1 Å². The quantitative estimate of drug-likeness (QED) is 0.936. The van der Waals surface area contributed by atoms with E-state index in [0.717, 1.165) is 18.5 Å². The van der Waals surface area contributed by atoms with Gasteiger partial charge in [0.25, 0.3) is 5.91 Å². The Hall–Kier alpha value is -2.63. The van der Waals surface area contributed by atoms with Crippen LogP contribution in [0.4, 0.5) is 0 Å². The number of aromatic nitrogens is 2. The fraction of sp³-hybridized carbons (Fsp3) is 0.353. The highest BCUT2D eigenvalue weighted by atomic mass is 16.2. The molecule has 1 aromatic carbocycles. The van der Waals surface area contributed by atoms with Gasteiger partial charge in [-0.15, -0.1) is 0 Å². The number of carbonyl (C=O) groups is 2. The second-order valence-electron chi connectivity index (χ2n) is 5.75. The zero-order valence-corrected chi connectivity index (χ0v) is 13.1. The Bertz CT molecular complexity index is 671. The van der Waals surface area contributed by atoms with Crippen molar-refractivity contribution >= 4 is 11.8 Å². The first-order valence-electron chi connectivity index (χ1n) is 7.80. The molecule has 1 N–H and O–H groups in total. The number of hydrogen-bond acceptors (Lipinski definition) is 3. The molecule has 6 nitrogen and oxygen atoms in total. The fourth-order valence-electron chi connectivity index (χ4n) is 2.79. The normalized spacial score (nSPS) is 15.4. The van der Waals surface area contributed by atoms with Gasteiger partial charge in [0.15, 0.2) is 0 Å². The van der Waals surface area contributed by atoms with Gasteiger partial charge < -0.3 is 10.2 Å². The van der Waals surface area contributed by atoms with Crippen LogP contribution in [0.3, 0.4) is 0 Å². The number of hydrogen-bond donors (Lipinski definition) is 1. The van der Waals surface area contributed by atoms with Crippen molar-refractivity contribution in [2.45, 2.75) is 25.8 Å². The van der Waals surface area contributed by atoms with Crippen LogP contribution in [-0.2, 0) is 4.79 Å². The number of nitrogens with one attached hydrogen (secondary N) is 1. The molecule has 120 valence electrons. The van der Waals surface area contributed by atoms with E-state index in [9.17, 15) is 9.59 Å². The molecule has 6 heteroatoms. The Morgan fingerprint density at radius 3 is 2.43 bits per heavy atom. The van der Waals surface area contributed by atoms with Crippen LogP contribution < -0.4 is 5.32 Å². The van der Waals surface area contributed by atoms with Gasteiger partial charge in [-0.25, -0.2) is 4.68 Å². The number of amides is 2. The van der Waals surface area contributed by atoms with Gasteiger partial charge in [-0.2, -0.15) is 5.10 Å². The molecule has 1 aromatic heterocycles. The van der Waals surface area contributed by atoms with E-state index in [2.05, 4.69) is 10.4 Å². The van der Waals surface area contributed by atoms with Gasteiger partial charge in [0.05, 0.1) is 5.69 Å². The number of carbonyl (C=O) groups excluding carboxylic acids is 2. The maximum atomic E-state index is 12.3. The summed E-state index contributed by atoms with van der Waals surface area (Å²) in [7, 11) is 0. The average Bonchev–Trinajstić information content (AvgIpc) is 3.10. The summed E-state index contributed by atoms with van der Waals surface area (Å²) in [6.07, 6.45) is 5.18. The summed E-state index contributed by atoms with van der Waals surface area (Å²) in [5.74, 6) is 0.0299. The molecule has 2 amide bonds. The van der Waals surface area contributed by atoms with Crippen LogP contribution in [-0.4, -0.2) is 45.6 Å². The highest BCUT2D eigenvalue weighted by Gasteiger charge is 2.22. The van der Waals surface area contributed by atoms with Crippen molar-refractivity contribution in [2.24, 2.45) is 0 Å². The van der Waals surface area contributed by atoms with Gasteiger partial charge in [0.2, 0.25) is 5.91 Å². The number of piperidine rings is 1. The average molecular weight is 312 g/mol. The lowest BCUT2D eigenvalue weighted by Crippen LogP contribution is -2.45. The Balaban J connectivity index is 1.57. The third-order valence-corrected chi connectivity index (χ3v) is 4.17. The highest BCUT2D eigenvalue weighted by Crippen LogP contribution is 2.13. The molecule has 0 unspecified atom stereocenters. The predicted molar refractivity (Wildman–Crippen MR) is 86.3 cm³/mol. The summed E-state index contributed by atoms with van der Waals surface area (Å²) in [6, 6.07) is 9.34. The topological polar surface area (TPSA) is 67.2 Å². The maximum absolute atomic E-state index is 12.3. The van der Waals surface area contributed by atoms with Gasteiger partial charge in [0.1, 0.15) is 0 Å². The van der Waals surface area contributed by atoms with Gasteiger partial charge in [-0.1, -0.05) is 0 Å². The van der Waals surface area contributed by atoms with Crippen molar-refractivity contribution in [3.05, 3.63) is 48.3 Å². The van der Waals surface area contributed by atoms with Gasteiger partial charge in [-0.05, 0) is 43.2 Å². The molecule has 0 bridgehead atoms. The molecule has 23 heavy (non-hydrogen) atoms. The van der Waals surface area contributed by atoms with E-state index in [1.807, 2.05) is 29.3 Å². The summed E-state index contributed by atoms with van der Waals surface area (Å²) in [5, 5.41) is 7.21. The van der Waals surface area contributed by atoms with Crippen LogP contribution >= 0.6 is 0 Å². The zero-order chi connectivity index (χ0) is 16.2. The van der Waals surface area contributed by atoms with E-state index >= 15 is 0 Å². The van der Waals surface area contributed by atoms with Crippen molar-refractivity contribution in [3.63, 3.8) is 0 Å². The summed E-state index contributed by atoms with van der Waals surface area (Å²) in [4.78, 5) is 25.4. The zero-order valence-electron chi connectivity index (χ0n) is 13.1. The molecule has 1 saturated heterocycles. The van der Waals surface area contributed by atoms with E-state index in [1.54, 1.807) is 29.9 Å². The second-order valence-corrected chi connectivity index (χ2v) is 5.75. The number of benzene rings is 1. The largest absolute Gasteiger partial charge is 0.349 e. The molecule has 1 aliphatic heterocycles. The molecule has 0 saturated carbocycles. The first kappa shape index (κ1) is 15.3. The van der Waals surface area contributed by atoms with Crippen LogP contribution in [0.25, 0.3) is 5.69 Å². The number of likely N-dealkylation sites (tertiary alicyclic amines) is 1. The minimum Gasteiger partial charge on any atom is -0.349 e. The van der Waals surface area contributed by atoms with Gasteiger partial charge in [0, 0.05) is 44.0 Å². The molecule has 0 atom stereocenters.